The lowest BCUT2D eigenvalue weighted by atomic mass is 10.1. The van der Waals surface area contributed by atoms with Crippen LogP contribution < -0.4 is 4.74 Å². The van der Waals surface area contributed by atoms with Crippen LogP contribution in [0.25, 0.3) is 0 Å². The summed E-state index contributed by atoms with van der Waals surface area (Å²) in [4.78, 5) is 11.3. The van der Waals surface area contributed by atoms with E-state index in [0.717, 1.165) is 6.08 Å². The number of allylic oxidation sites excluding steroid dienone is 2. The highest BCUT2D eigenvalue weighted by Crippen LogP contribution is 2.12. The zero-order valence-electron chi connectivity index (χ0n) is 8.08. The molecule has 0 radical (unpaired) electrons. The normalized spacial score (nSPS) is 11.2. The molecule has 0 unspecified atom stereocenters. The van der Waals surface area contributed by atoms with Crippen molar-refractivity contribution in [2.24, 2.45) is 0 Å². The number of methoxy groups -OCH3 is 1. The highest BCUT2D eigenvalue weighted by atomic mass is 19.1. The van der Waals surface area contributed by atoms with Crippen molar-refractivity contribution < 1.29 is 13.9 Å². The van der Waals surface area contributed by atoms with Crippen molar-refractivity contribution in [2.45, 2.75) is 6.92 Å². The van der Waals surface area contributed by atoms with E-state index in [0.29, 0.717) is 11.3 Å². The minimum absolute atomic E-state index is 0.340. The summed E-state index contributed by atoms with van der Waals surface area (Å²) in [5.41, 5.74) is 0.447. The van der Waals surface area contributed by atoms with Crippen LogP contribution in [0.4, 0.5) is 4.39 Å². The molecule has 0 aliphatic carbocycles. The van der Waals surface area contributed by atoms with Crippen LogP contribution in [0.3, 0.4) is 0 Å². The highest BCUT2D eigenvalue weighted by Gasteiger charge is 2.02. The number of carbonyl (C=O) groups is 1. The van der Waals surface area contributed by atoms with Crippen LogP contribution >= 0.6 is 0 Å². The van der Waals surface area contributed by atoms with Crippen LogP contribution in [0.1, 0.15) is 17.3 Å². The average Bonchev–Trinajstić information content (AvgIpc) is 2.17. The lowest BCUT2D eigenvalue weighted by molar-refractivity contribution is 0.104. The number of hydrogen-bond donors (Lipinski definition) is 0. The van der Waals surface area contributed by atoms with Crippen LogP contribution in [-0.2, 0) is 0 Å². The molecular weight excluding hydrogens is 183 g/mol. The summed E-state index contributed by atoms with van der Waals surface area (Å²) in [7, 11) is 1.54. The topological polar surface area (TPSA) is 26.3 Å². The lowest BCUT2D eigenvalue weighted by Gasteiger charge is -1.99. The fourth-order valence-electron chi connectivity index (χ4n) is 1.02. The van der Waals surface area contributed by atoms with Gasteiger partial charge in [0.1, 0.15) is 11.6 Å². The Labute approximate surface area is 82.0 Å². The summed E-state index contributed by atoms with van der Waals surface area (Å²) in [5.74, 6) is -0.166. The largest absolute Gasteiger partial charge is 0.497 e. The van der Waals surface area contributed by atoms with E-state index < -0.39 is 5.83 Å². The van der Waals surface area contributed by atoms with Crippen molar-refractivity contribution in [1.82, 2.24) is 0 Å². The highest BCUT2D eigenvalue weighted by molar-refractivity contribution is 6.04. The van der Waals surface area contributed by atoms with Crippen molar-refractivity contribution in [3.63, 3.8) is 0 Å². The molecule has 0 aromatic heterocycles. The second-order valence-electron chi connectivity index (χ2n) is 2.82. The standard InChI is InChI=1S/C11H11FO2/c1-8(12)7-11(13)9-3-5-10(14-2)6-4-9/h3-7H,1-2H3/b8-7+. The Morgan fingerprint density at radius 2 is 1.93 bits per heavy atom. The van der Waals surface area contributed by atoms with Crippen molar-refractivity contribution >= 4 is 5.78 Å². The first kappa shape index (κ1) is 10.4. The van der Waals surface area contributed by atoms with E-state index in [9.17, 15) is 9.18 Å². The molecule has 0 saturated heterocycles. The van der Waals surface area contributed by atoms with Gasteiger partial charge in [-0.2, -0.15) is 0 Å². The molecule has 14 heavy (non-hydrogen) atoms. The maximum atomic E-state index is 12.4. The van der Waals surface area contributed by atoms with E-state index in [1.807, 2.05) is 0 Å². The molecule has 0 amide bonds. The van der Waals surface area contributed by atoms with Crippen LogP contribution in [0.5, 0.6) is 5.75 Å². The quantitative estimate of drug-likeness (QED) is 0.546. The van der Waals surface area contributed by atoms with Gasteiger partial charge in [-0.3, -0.25) is 4.79 Å². The van der Waals surface area contributed by atoms with Gasteiger partial charge in [-0.1, -0.05) is 0 Å². The summed E-state index contributed by atoms with van der Waals surface area (Å²) < 4.78 is 17.3. The van der Waals surface area contributed by atoms with E-state index in [2.05, 4.69) is 0 Å². The van der Waals surface area contributed by atoms with Gasteiger partial charge in [-0.25, -0.2) is 4.39 Å². The second-order valence-corrected chi connectivity index (χ2v) is 2.82. The third-order valence-electron chi connectivity index (χ3n) is 1.70. The third kappa shape index (κ3) is 2.69. The van der Waals surface area contributed by atoms with Crippen molar-refractivity contribution in [3.8, 4) is 5.75 Å². The van der Waals surface area contributed by atoms with Gasteiger partial charge in [-0.05, 0) is 31.2 Å². The number of rotatable bonds is 3. The zero-order chi connectivity index (χ0) is 10.6. The molecule has 0 fully saturated rings. The molecule has 0 bridgehead atoms. The minimum atomic E-state index is -0.495. The Balaban J connectivity index is 2.87. The van der Waals surface area contributed by atoms with E-state index in [1.54, 1.807) is 31.4 Å². The van der Waals surface area contributed by atoms with Crippen molar-refractivity contribution in [1.29, 1.82) is 0 Å². The molecule has 1 aromatic carbocycles. The summed E-state index contributed by atoms with van der Waals surface area (Å²) in [6.07, 6.45) is 0.960. The Bertz CT molecular complexity index is 348. The van der Waals surface area contributed by atoms with Crippen LogP contribution in [0.15, 0.2) is 36.2 Å². The van der Waals surface area contributed by atoms with E-state index in [1.165, 1.54) is 6.92 Å². The number of benzene rings is 1. The molecule has 0 saturated carbocycles. The molecular formula is C11H11FO2. The zero-order valence-corrected chi connectivity index (χ0v) is 8.08. The first-order valence-corrected chi connectivity index (χ1v) is 4.15. The van der Waals surface area contributed by atoms with Gasteiger partial charge < -0.3 is 4.74 Å². The Kier molecular flexibility index (Phi) is 3.40. The smallest absolute Gasteiger partial charge is 0.188 e. The predicted molar refractivity (Wildman–Crippen MR) is 52.2 cm³/mol. The number of ether oxygens (including phenoxy) is 1. The van der Waals surface area contributed by atoms with E-state index in [-0.39, 0.29) is 5.78 Å². The monoisotopic (exact) mass is 194 g/mol. The van der Waals surface area contributed by atoms with E-state index >= 15 is 0 Å². The van der Waals surface area contributed by atoms with E-state index in [4.69, 9.17) is 4.74 Å². The lowest BCUT2D eigenvalue weighted by Crippen LogP contribution is -1.94. The third-order valence-corrected chi connectivity index (χ3v) is 1.70. The first-order valence-electron chi connectivity index (χ1n) is 4.15. The van der Waals surface area contributed by atoms with Gasteiger partial charge in [0.25, 0.3) is 0 Å². The molecule has 0 atom stereocenters. The molecule has 3 heteroatoms. The molecule has 1 aromatic rings. The van der Waals surface area contributed by atoms with Crippen molar-refractivity contribution in [2.75, 3.05) is 7.11 Å². The van der Waals surface area contributed by atoms with Gasteiger partial charge in [0.15, 0.2) is 5.78 Å². The first-order chi connectivity index (χ1) is 6.63. The average molecular weight is 194 g/mol. The van der Waals surface area contributed by atoms with Gasteiger partial charge in [0.2, 0.25) is 0 Å². The molecule has 0 aliphatic heterocycles. The molecule has 0 aliphatic rings. The summed E-state index contributed by atoms with van der Waals surface area (Å²) in [6, 6.07) is 6.52. The molecule has 1 rings (SSSR count). The second kappa shape index (κ2) is 4.56. The summed E-state index contributed by atoms with van der Waals surface area (Å²) in [5, 5.41) is 0. The van der Waals surface area contributed by atoms with Crippen LogP contribution in [0, 0.1) is 0 Å². The Hall–Kier alpha value is -1.64. The number of carbonyl (C=O) groups excluding carboxylic acids is 1. The maximum Gasteiger partial charge on any atom is 0.188 e. The maximum absolute atomic E-state index is 12.4. The van der Waals surface area contributed by atoms with Crippen LogP contribution in [0.2, 0.25) is 0 Å². The summed E-state index contributed by atoms with van der Waals surface area (Å²) in [6.45, 7) is 1.24. The molecule has 0 N–H and O–H groups in total. The molecule has 0 spiro atoms. The fraction of sp³-hybridized carbons (Fsp3) is 0.182. The Morgan fingerprint density at radius 3 is 2.36 bits per heavy atom. The van der Waals surface area contributed by atoms with Crippen LogP contribution in [-0.4, -0.2) is 12.9 Å². The van der Waals surface area contributed by atoms with Gasteiger partial charge in [-0.15, -0.1) is 0 Å². The predicted octanol–water partition coefficient (Wildman–Crippen LogP) is 2.75. The minimum Gasteiger partial charge on any atom is -0.497 e. The SMILES string of the molecule is COc1ccc(C(=O)/C=C(\C)F)cc1. The number of halogens is 1. The van der Waals surface area contributed by atoms with Gasteiger partial charge >= 0.3 is 0 Å². The number of ketones is 1. The summed E-state index contributed by atoms with van der Waals surface area (Å²) >= 11 is 0. The van der Waals surface area contributed by atoms with Gasteiger partial charge in [0.05, 0.1) is 7.11 Å². The van der Waals surface area contributed by atoms with Gasteiger partial charge in [0, 0.05) is 11.6 Å². The van der Waals surface area contributed by atoms with Crippen molar-refractivity contribution in [3.05, 3.63) is 41.7 Å². The Morgan fingerprint density at radius 1 is 1.36 bits per heavy atom. The molecule has 74 valence electrons. The fourth-order valence-corrected chi connectivity index (χ4v) is 1.02. The molecule has 0 heterocycles. The molecule has 2 nitrogen and oxygen atoms in total. The number of hydrogen-bond acceptors (Lipinski definition) is 2.